The van der Waals surface area contributed by atoms with E-state index in [0.717, 1.165) is 18.4 Å². The molecule has 0 radical (unpaired) electrons. The van der Waals surface area contributed by atoms with Gasteiger partial charge in [-0.15, -0.1) is 0 Å². The molecule has 0 amide bonds. The van der Waals surface area contributed by atoms with Crippen molar-refractivity contribution in [2.75, 3.05) is 7.11 Å². The summed E-state index contributed by atoms with van der Waals surface area (Å²) >= 11 is 0. The molecule has 0 aromatic carbocycles. The van der Waals surface area contributed by atoms with Crippen LogP contribution in [0, 0.1) is 0 Å². The first-order valence-electron chi connectivity index (χ1n) is 5.54. The molecule has 2 unspecified atom stereocenters. The van der Waals surface area contributed by atoms with Crippen molar-refractivity contribution in [3.8, 4) is 0 Å². The Bertz CT molecular complexity index is 320. The molecule has 0 spiro atoms. The van der Waals surface area contributed by atoms with Gasteiger partial charge in [-0.2, -0.15) is 5.10 Å². The van der Waals surface area contributed by atoms with Gasteiger partial charge in [0.25, 0.3) is 0 Å². The van der Waals surface area contributed by atoms with Crippen molar-refractivity contribution in [1.82, 2.24) is 15.2 Å². The minimum Gasteiger partial charge on any atom is -0.377 e. The van der Waals surface area contributed by atoms with E-state index in [1.165, 1.54) is 0 Å². The standard InChI is InChI=1S/C11H22N4O/c1-5-11(2,16-4)10(14-12)6-9-7-13-15(3)8-9/h7-8,10,14H,5-6,12H2,1-4H3. The Morgan fingerprint density at radius 2 is 2.38 bits per heavy atom. The van der Waals surface area contributed by atoms with E-state index < -0.39 is 0 Å². The van der Waals surface area contributed by atoms with Gasteiger partial charge < -0.3 is 4.74 Å². The van der Waals surface area contributed by atoms with Gasteiger partial charge in [-0.25, -0.2) is 0 Å². The van der Waals surface area contributed by atoms with Gasteiger partial charge >= 0.3 is 0 Å². The van der Waals surface area contributed by atoms with Gasteiger partial charge in [0.2, 0.25) is 0 Å². The van der Waals surface area contributed by atoms with Crippen LogP contribution in [0.5, 0.6) is 0 Å². The molecule has 0 aliphatic carbocycles. The summed E-state index contributed by atoms with van der Waals surface area (Å²) in [6, 6.07) is 0.0756. The first-order chi connectivity index (χ1) is 7.55. The number of hydrogen-bond acceptors (Lipinski definition) is 4. The number of hydrazine groups is 1. The molecule has 3 N–H and O–H groups in total. The molecule has 2 atom stereocenters. The van der Waals surface area contributed by atoms with E-state index in [1.807, 2.05) is 19.4 Å². The molecule has 16 heavy (non-hydrogen) atoms. The lowest BCUT2D eigenvalue weighted by Gasteiger charge is -2.35. The Kier molecular flexibility index (Phi) is 4.46. The molecule has 92 valence electrons. The number of nitrogens with two attached hydrogens (primary N) is 1. The maximum Gasteiger partial charge on any atom is 0.0817 e. The van der Waals surface area contributed by atoms with Gasteiger partial charge in [0.05, 0.1) is 17.8 Å². The predicted octanol–water partition coefficient (Wildman–Crippen LogP) is 0.610. The van der Waals surface area contributed by atoms with Crippen molar-refractivity contribution >= 4 is 0 Å². The lowest BCUT2D eigenvalue weighted by atomic mass is 9.89. The fourth-order valence-electron chi connectivity index (χ4n) is 1.80. The molecule has 0 fully saturated rings. The Hall–Kier alpha value is -0.910. The van der Waals surface area contributed by atoms with Crippen molar-refractivity contribution in [3.63, 3.8) is 0 Å². The molecular weight excluding hydrogens is 204 g/mol. The van der Waals surface area contributed by atoms with Crippen molar-refractivity contribution < 1.29 is 4.74 Å². The Morgan fingerprint density at radius 3 is 2.75 bits per heavy atom. The highest BCUT2D eigenvalue weighted by atomic mass is 16.5. The van der Waals surface area contributed by atoms with Crippen LogP contribution >= 0.6 is 0 Å². The van der Waals surface area contributed by atoms with E-state index in [2.05, 4.69) is 24.4 Å². The molecule has 0 aliphatic heterocycles. The Morgan fingerprint density at radius 1 is 1.69 bits per heavy atom. The van der Waals surface area contributed by atoms with Crippen molar-refractivity contribution in [2.45, 2.75) is 38.3 Å². The molecule has 5 nitrogen and oxygen atoms in total. The number of rotatable bonds is 6. The average molecular weight is 226 g/mol. The van der Waals surface area contributed by atoms with Crippen LogP contribution in [0.2, 0.25) is 0 Å². The molecule has 1 aromatic rings. The van der Waals surface area contributed by atoms with Gasteiger partial charge in [-0.05, 0) is 25.3 Å². The smallest absolute Gasteiger partial charge is 0.0817 e. The summed E-state index contributed by atoms with van der Waals surface area (Å²) in [6.07, 6.45) is 5.56. The quantitative estimate of drug-likeness (QED) is 0.551. The zero-order chi connectivity index (χ0) is 12.2. The zero-order valence-electron chi connectivity index (χ0n) is 10.5. The maximum atomic E-state index is 5.61. The first-order valence-corrected chi connectivity index (χ1v) is 5.54. The van der Waals surface area contributed by atoms with Gasteiger partial charge in [-0.1, -0.05) is 6.92 Å². The van der Waals surface area contributed by atoms with E-state index in [-0.39, 0.29) is 11.6 Å². The summed E-state index contributed by atoms with van der Waals surface area (Å²) in [4.78, 5) is 0. The third kappa shape index (κ3) is 2.81. The zero-order valence-corrected chi connectivity index (χ0v) is 10.5. The number of aromatic nitrogens is 2. The van der Waals surface area contributed by atoms with E-state index >= 15 is 0 Å². The number of nitrogens with one attached hydrogen (secondary N) is 1. The second-order valence-electron chi connectivity index (χ2n) is 4.32. The molecule has 1 rings (SSSR count). The van der Waals surface area contributed by atoms with Crippen LogP contribution in [0.1, 0.15) is 25.8 Å². The lowest BCUT2D eigenvalue weighted by molar-refractivity contribution is -0.0288. The van der Waals surface area contributed by atoms with E-state index in [1.54, 1.807) is 11.8 Å². The number of ether oxygens (including phenoxy) is 1. The molecule has 0 aliphatic rings. The van der Waals surface area contributed by atoms with Crippen LogP contribution in [-0.2, 0) is 18.2 Å². The Labute approximate surface area is 96.9 Å². The summed E-state index contributed by atoms with van der Waals surface area (Å²) in [5.74, 6) is 5.61. The van der Waals surface area contributed by atoms with Gasteiger partial charge in [0.1, 0.15) is 0 Å². The molecule has 5 heteroatoms. The summed E-state index contributed by atoms with van der Waals surface area (Å²) in [7, 11) is 3.63. The molecule has 1 aromatic heterocycles. The third-order valence-corrected chi connectivity index (χ3v) is 3.30. The van der Waals surface area contributed by atoms with E-state index in [4.69, 9.17) is 10.6 Å². The minimum atomic E-state index is -0.259. The summed E-state index contributed by atoms with van der Waals surface area (Å²) in [6.45, 7) is 4.16. The molecule has 0 bridgehead atoms. The molecule has 1 heterocycles. The summed E-state index contributed by atoms with van der Waals surface area (Å²) in [5, 5.41) is 4.14. The van der Waals surface area contributed by atoms with Crippen LogP contribution in [0.15, 0.2) is 12.4 Å². The third-order valence-electron chi connectivity index (χ3n) is 3.30. The van der Waals surface area contributed by atoms with Gasteiger partial charge in [0, 0.05) is 20.4 Å². The highest BCUT2D eigenvalue weighted by Gasteiger charge is 2.32. The molecule has 0 saturated carbocycles. The van der Waals surface area contributed by atoms with Crippen LogP contribution in [-0.4, -0.2) is 28.5 Å². The van der Waals surface area contributed by atoms with E-state index in [0.29, 0.717) is 0 Å². The SMILES string of the molecule is CCC(C)(OC)C(Cc1cnn(C)c1)NN. The van der Waals surface area contributed by atoms with Crippen molar-refractivity contribution in [3.05, 3.63) is 18.0 Å². The maximum absolute atomic E-state index is 5.61. The normalized spacial score (nSPS) is 17.1. The van der Waals surface area contributed by atoms with E-state index in [9.17, 15) is 0 Å². The first kappa shape index (κ1) is 13.2. The number of hydrogen-bond donors (Lipinski definition) is 2. The minimum absolute atomic E-state index is 0.0756. The van der Waals surface area contributed by atoms with Crippen LogP contribution in [0.4, 0.5) is 0 Å². The average Bonchev–Trinajstić information content (AvgIpc) is 2.70. The number of nitrogens with zero attached hydrogens (tertiary/aromatic N) is 2. The number of methoxy groups -OCH3 is 1. The largest absolute Gasteiger partial charge is 0.377 e. The summed E-state index contributed by atoms with van der Waals surface area (Å²) < 4.78 is 7.34. The fraction of sp³-hybridized carbons (Fsp3) is 0.727. The topological polar surface area (TPSA) is 65.1 Å². The Balaban J connectivity index is 2.75. The van der Waals surface area contributed by atoms with Crippen LogP contribution in [0.3, 0.4) is 0 Å². The second-order valence-corrected chi connectivity index (χ2v) is 4.32. The van der Waals surface area contributed by atoms with Crippen LogP contribution in [0.25, 0.3) is 0 Å². The van der Waals surface area contributed by atoms with Gasteiger partial charge in [-0.3, -0.25) is 16.0 Å². The molecule has 0 saturated heterocycles. The van der Waals surface area contributed by atoms with Crippen LogP contribution < -0.4 is 11.3 Å². The highest BCUT2D eigenvalue weighted by molar-refractivity contribution is 5.08. The predicted molar refractivity (Wildman–Crippen MR) is 63.7 cm³/mol. The number of aryl methyl sites for hydroxylation is 1. The monoisotopic (exact) mass is 226 g/mol. The highest BCUT2D eigenvalue weighted by Crippen LogP contribution is 2.21. The lowest BCUT2D eigenvalue weighted by Crippen LogP contribution is -2.53. The second kappa shape index (κ2) is 5.43. The summed E-state index contributed by atoms with van der Waals surface area (Å²) in [5.41, 5.74) is 3.74. The van der Waals surface area contributed by atoms with Crippen molar-refractivity contribution in [1.29, 1.82) is 0 Å². The van der Waals surface area contributed by atoms with Crippen molar-refractivity contribution in [2.24, 2.45) is 12.9 Å². The molecular formula is C11H22N4O. The fourth-order valence-corrected chi connectivity index (χ4v) is 1.80. The van der Waals surface area contributed by atoms with Gasteiger partial charge in [0.15, 0.2) is 0 Å².